The van der Waals surface area contributed by atoms with Crippen molar-refractivity contribution in [3.05, 3.63) is 0 Å². The van der Waals surface area contributed by atoms with E-state index in [0.29, 0.717) is 5.55 Å². The van der Waals surface area contributed by atoms with Gasteiger partial charge in [-0.1, -0.05) is 0 Å². The van der Waals surface area contributed by atoms with Crippen LogP contribution in [-0.4, -0.2) is 45.5 Å². The van der Waals surface area contributed by atoms with Gasteiger partial charge in [-0.2, -0.15) is 8.42 Å². The first-order valence-electron chi connectivity index (χ1n) is 2.87. The number of hydrogen-bond acceptors (Lipinski definition) is 5. The van der Waals surface area contributed by atoms with Gasteiger partial charge in [-0.3, -0.25) is 0 Å². The van der Waals surface area contributed by atoms with Gasteiger partial charge in [0.1, 0.15) is 6.10 Å². The van der Waals surface area contributed by atoms with E-state index in [1.807, 2.05) is 0 Å². The molecule has 0 saturated heterocycles. The summed E-state index contributed by atoms with van der Waals surface area (Å²) < 4.78 is 28.7. The van der Waals surface area contributed by atoms with Gasteiger partial charge in [-0.05, 0) is 0 Å². The Morgan fingerprint density at radius 3 is 2.64 bits per heavy atom. The highest BCUT2D eigenvalue weighted by Crippen LogP contribution is 1.83. The molecule has 0 aromatic heterocycles. The first-order valence-corrected chi connectivity index (χ1v) is 4.00. The maximum Gasteiger partial charge on any atom is 0.237 e. The van der Waals surface area contributed by atoms with Gasteiger partial charge < -0.3 is 14.6 Å². The summed E-state index contributed by atoms with van der Waals surface area (Å²) in [6.07, 6.45) is -0.792. The van der Waals surface area contributed by atoms with E-state index >= 15 is 0 Å². The predicted molar refractivity (Wildman–Crippen MR) is 38.8 cm³/mol. The molecule has 0 bridgehead atoms. The first-order chi connectivity index (χ1) is 5.16. The molecule has 0 aliphatic heterocycles. The van der Waals surface area contributed by atoms with Gasteiger partial charge in [0.15, 0.2) is 5.55 Å². The van der Waals surface area contributed by atoms with Crippen LogP contribution in [0.5, 0.6) is 0 Å². The molecule has 0 amide bonds. The minimum atomic E-state index is -2.34. The van der Waals surface area contributed by atoms with Crippen LogP contribution in [-0.2, 0) is 19.8 Å². The molecule has 0 radical (unpaired) electrons. The van der Waals surface area contributed by atoms with E-state index in [1.165, 1.54) is 7.11 Å². The highest BCUT2D eigenvalue weighted by atomic mass is 32.2. The van der Waals surface area contributed by atoms with Crippen LogP contribution in [0.4, 0.5) is 0 Å². The maximum absolute atomic E-state index is 9.85. The predicted octanol–water partition coefficient (Wildman–Crippen LogP) is -1.35. The fourth-order valence-electron chi connectivity index (χ4n) is 0.446. The summed E-state index contributed by atoms with van der Waals surface area (Å²) in [6.45, 7) is 0.0428. The lowest BCUT2D eigenvalue weighted by Gasteiger charge is -2.05. The van der Waals surface area contributed by atoms with Crippen LogP contribution in [0.15, 0.2) is 0 Å². The zero-order valence-corrected chi connectivity index (χ0v) is 6.87. The van der Waals surface area contributed by atoms with Gasteiger partial charge >= 0.3 is 0 Å². The lowest BCUT2D eigenvalue weighted by atomic mass is 10.4. The fourth-order valence-corrected chi connectivity index (χ4v) is 0.636. The van der Waals surface area contributed by atoms with Crippen molar-refractivity contribution in [2.24, 2.45) is 0 Å². The third kappa shape index (κ3) is 7.47. The molecule has 1 atom stereocenters. The average molecular weight is 182 g/mol. The molecule has 1 N–H and O–H groups in total. The normalized spacial score (nSPS) is 12.5. The van der Waals surface area contributed by atoms with Crippen molar-refractivity contribution in [1.82, 2.24) is 0 Å². The molecular weight excluding hydrogens is 172 g/mol. The van der Waals surface area contributed by atoms with E-state index in [4.69, 9.17) is 5.11 Å². The average Bonchev–Trinajstić information content (AvgIpc) is 1.87. The van der Waals surface area contributed by atoms with Crippen molar-refractivity contribution in [3.63, 3.8) is 0 Å². The zero-order valence-electron chi connectivity index (χ0n) is 6.06. The number of methoxy groups -OCH3 is 1. The molecule has 6 heteroatoms. The molecule has 66 valence electrons. The van der Waals surface area contributed by atoms with Crippen molar-refractivity contribution in [1.29, 1.82) is 0 Å². The van der Waals surface area contributed by atoms with E-state index < -0.39 is 16.4 Å². The van der Waals surface area contributed by atoms with E-state index in [2.05, 4.69) is 9.47 Å². The summed E-state index contributed by atoms with van der Waals surface area (Å²) in [5.41, 5.74) is 0.624. The van der Waals surface area contributed by atoms with Crippen molar-refractivity contribution in [2.45, 2.75) is 6.10 Å². The minimum Gasteiger partial charge on any atom is -0.388 e. The minimum absolute atomic E-state index is 0.0815. The van der Waals surface area contributed by atoms with E-state index in [9.17, 15) is 8.42 Å². The third-order valence-electron chi connectivity index (χ3n) is 0.794. The Balaban J connectivity index is 3.46. The van der Waals surface area contributed by atoms with E-state index in [-0.39, 0.29) is 13.2 Å². The highest BCUT2D eigenvalue weighted by Gasteiger charge is 2.00. The lowest BCUT2D eigenvalue weighted by Crippen LogP contribution is -2.20. The molecule has 0 heterocycles. The lowest BCUT2D eigenvalue weighted by molar-refractivity contribution is 0.0319. The molecule has 0 fully saturated rings. The molecule has 0 spiro atoms. The van der Waals surface area contributed by atoms with Crippen molar-refractivity contribution in [3.8, 4) is 0 Å². The Labute approximate surface area is 66.1 Å². The molecule has 0 aromatic carbocycles. The van der Waals surface area contributed by atoms with Gasteiger partial charge in [0.2, 0.25) is 10.3 Å². The molecule has 0 saturated carbocycles. The van der Waals surface area contributed by atoms with Gasteiger partial charge in [-0.25, -0.2) is 0 Å². The number of aliphatic hydroxyl groups excluding tert-OH is 1. The van der Waals surface area contributed by atoms with Crippen LogP contribution in [0.25, 0.3) is 0 Å². The third-order valence-corrected chi connectivity index (χ3v) is 1.09. The SMILES string of the molecule is COCC(O)COC=S(=O)=O. The number of ether oxygens (including phenoxy) is 2. The molecule has 0 aromatic rings. The summed E-state index contributed by atoms with van der Waals surface area (Å²) >= 11 is 0. The molecule has 0 aliphatic rings. The molecule has 11 heavy (non-hydrogen) atoms. The summed E-state index contributed by atoms with van der Waals surface area (Å²) in [4.78, 5) is 0. The topological polar surface area (TPSA) is 72.8 Å². The van der Waals surface area contributed by atoms with Crippen molar-refractivity contribution >= 4 is 15.8 Å². The number of aliphatic hydroxyl groups is 1. The standard InChI is InChI=1S/C5H10O5S/c1-9-2-5(6)3-10-4-11(7)8/h4-6H,2-3H2,1H3. The Morgan fingerprint density at radius 1 is 1.55 bits per heavy atom. The van der Waals surface area contributed by atoms with Gasteiger partial charge in [0, 0.05) is 7.11 Å². The second-order valence-electron chi connectivity index (χ2n) is 1.80. The summed E-state index contributed by atoms with van der Waals surface area (Å²) in [5.74, 6) is 0. The summed E-state index contributed by atoms with van der Waals surface area (Å²) in [7, 11) is -0.906. The Morgan fingerprint density at radius 2 is 2.18 bits per heavy atom. The van der Waals surface area contributed by atoms with Crippen LogP contribution in [0.1, 0.15) is 0 Å². The first kappa shape index (κ1) is 10.6. The van der Waals surface area contributed by atoms with Crippen LogP contribution in [0.2, 0.25) is 0 Å². The quantitative estimate of drug-likeness (QED) is 0.532. The zero-order chi connectivity index (χ0) is 8.69. The van der Waals surface area contributed by atoms with Crippen LogP contribution in [0.3, 0.4) is 0 Å². The van der Waals surface area contributed by atoms with E-state index in [1.54, 1.807) is 0 Å². The highest BCUT2D eigenvalue weighted by molar-refractivity contribution is 7.71. The Kier molecular flexibility index (Phi) is 6.05. The molecule has 1 unspecified atom stereocenters. The van der Waals surface area contributed by atoms with Gasteiger partial charge in [0.25, 0.3) is 0 Å². The largest absolute Gasteiger partial charge is 0.388 e. The number of hydrogen-bond donors (Lipinski definition) is 1. The van der Waals surface area contributed by atoms with Gasteiger partial charge in [0.05, 0.1) is 13.2 Å². The second-order valence-corrected chi connectivity index (χ2v) is 2.51. The smallest absolute Gasteiger partial charge is 0.237 e. The Hall–Kier alpha value is -0.430. The van der Waals surface area contributed by atoms with Crippen LogP contribution >= 0.6 is 0 Å². The Bertz CT molecular complexity index is 199. The van der Waals surface area contributed by atoms with Crippen LogP contribution < -0.4 is 0 Å². The monoisotopic (exact) mass is 182 g/mol. The van der Waals surface area contributed by atoms with Crippen molar-refractivity contribution < 1.29 is 23.0 Å². The van der Waals surface area contributed by atoms with Crippen molar-refractivity contribution in [2.75, 3.05) is 20.3 Å². The molecule has 0 rings (SSSR count). The molecule has 5 nitrogen and oxygen atoms in total. The number of rotatable bonds is 5. The maximum atomic E-state index is 9.85. The fraction of sp³-hybridized carbons (Fsp3) is 0.800. The second kappa shape index (κ2) is 6.29. The van der Waals surface area contributed by atoms with Gasteiger partial charge in [-0.15, -0.1) is 0 Å². The van der Waals surface area contributed by atoms with E-state index in [0.717, 1.165) is 0 Å². The summed E-state index contributed by atoms with van der Waals surface area (Å²) in [6, 6.07) is 0. The molecular formula is C5H10O5S. The van der Waals surface area contributed by atoms with Crippen LogP contribution in [0, 0.1) is 0 Å². The summed E-state index contributed by atoms with van der Waals surface area (Å²) in [5, 5.41) is 8.89. The molecule has 0 aliphatic carbocycles.